The molecule has 0 bridgehead atoms. The number of nitrogens with zero attached hydrogens (tertiary/aromatic N) is 1. The molecule has 2 unspecified atom stereocenters. The van der Waals surface area contributed by atoms with E-state index in [9.17, 15) is 5.41 Å². The van der Waals surface area contributed by atoms with Crippen molar-refractivity contribution < 1.29 is 17.0 Å². The summed E-state index contributed by atoms with van der Waals surface area (Å²) in [5.41, 5.74) is 0.399. The topological polar surface area (TPSA) is 22.3 Å². The molecule has 126 valence electrons. The summed E-state index contributed by atoms with van der Waals surface area (Å²) in [6, 6.07) is 0. The van der Waals surface area contributed by atoms with Gasteiger partial charge in [0.05, 0.1) is 0 Å². The SMILES string of the molecule is C1=CC2CCCC2C=C1.CC(C)(C)C(=[N-])C(C)(C)C.[Cl][Ti][Cl]. The van der Waals surface area contributed by atoms with Crippen LogP contribution in [0.25, 0.3) is 5.41 Å². The molecule has 1 saturated carbocycles. The van der Waals surface area contributed by atoms with Gasteiger partial charge in [0, 0.05) is 0 Å². The van der Waals surface area contributed by atoms with E-state index in [0.29, 0.717) is 5.71 Å². The van der Waals surface area contributed by atoms with Crippen molar-refractivity contribution in [3.8, 4) is 0 Å². The zero-order valence-electron chi connectivity index (χ0n) is 14.8. The molecule has 0 radical (unpaired) electrons. The monoisotopic (exact) mass is 378 g/mol. The first-order valence-corrected chi connectivity index (χ1v) is 12.2. The van der Waals surface area contributed by atoms with Crippen LogP contribution in [0, 0.1) is 22.7 Å². The molecular formula is C18H30Cl2NTi-. The Bertz CT molecular complexity index is 355. The van der Waals surface area contributed by atoms with Crippen molar-refractivity contribution in [2.24, 2.45) is 22.7 Å². The second-order valence-corrected chi connectivity index (χ2v) is 10.5. The van der Waals surface area contributed by atoms with Crippen LogP contribution in [-0.2, 0) is 17.0 Å². The standard InChI is InChI=1S/C9H18N.C9H12.2ClH.Ti/c1-8(2,3)7(10)9(4,5)6;1-2-5-9-7-3-6-8(9)4-1;;;/h1-6H3;1-2,4-5,8-9H,3,6-7H2;2*1H;/q-1;;;;+2/p-2. The number of fused-ring (bicyclic) bond motifs is 1. The molecule has 0 aromatic heterocycles. The fraction of sp³-hybridized carbons (Fsp3) is 0.722. The van der Waals surface area contributed by atoms with E-state index >= 15 is 0 Å². The normalized spacial score (nSPS) is 22.7. The van der Waals surface area contributed by atoms with Gasteiger partial charge in [0.25, 0.3) is 0 Å². The third kappa shape index (κ3) is 8.92. The molecule has 2 aliphatic rings. The van der Waals surface area contributed by atoms with Gasteiger partial charge in [-0.25, -0.2) is 0 Å². The van der Waals surface area contributed by atoms with E-state index in [4.69, 9.17) is 18.6 Å². The van der Waals surface area contributed by atoms with Crippen molar-refractivity contribution in [1.29, 1.82) is 0 Å². The summed E-state index contributed by atoms with van der Waals surface area (Å²) in [7, 11) is 9.78. The van der Waals surface area contributed by atoms with Crippen LogP contribution < -0.4 is 0 Å². The Morgan fingerprint density at radius 1 is 0.909 bits per heavy atom. The fourth-order valence-electron chi connectivity index (χ4n) is 3.03. The third-order valence-corrected chi connectivity index (χ3v) is 3.87. The number of allylic oxidation sites excluding steroid dienone is 4. The zero-order chi connectivity index (χ0) is 17.4. The van der Waals surface area contributed by atoms with E-state index in [2.05, 4.69) is 24.3 Å². The van der Waals surface area contributed by atoms with Crippen LogP contribution in [-0.4, -0.2) is 5.71 Å². The van der Waals surface area contributed by atoms with Gasteiger partial charge in [0.15, 0.2) is 0 Å². The molecule has 0 saturated heterocycles. The molecule has 1 fully saturated rings. The number of hydrogen-bond acceptors (Lipinski definition) is 0. The summed E-state index contributed by atoms with van der Waals surface area (Å²) >= 11 is -0.556. The molecule has 0 aromatic carbocycles. The van der Waals surface area contributed by atoms with Gasteiger partial charge in [0.1, 0.15) is 0 Å². The number of hydrogen-bond donors (Lipinski definition) is 0. The quantitative estimate of drug-likeness (QED) is 0.320. The van der Waals surface area contributed by atoms with Gasteiger partial charge < -0.3 is 5.41 Å². The zero-order valence-corrected chi connectivity index (χ0v) is 17.9. The maximum absolute atomic E-state index is 9.64. The summed E-state index contributed by atoms with van der Waals surface area (Å²) in [6.07, 6.45) is 13.4. The third-order valence-electron chi connectivity index (χ3n) is 3.87. The number of halogens is 2. The van der Waals surface area contributed by atoms with Crippen molar-refractivity contribution in [2.45, 2.75) is 60.8 Å². The van der Waals surface area contributed by atoms with Crippen molar-refractivity contribution in [3.63, 3.8) is 0 Å². The van der Waals surface area contributed by atoms with Crippen LogP contribution in [0.3, 0.4) is 0 Å². The second-order valence-electron chi connectivity index (χ2n) is 7.95. The van der Waals surface area contributed by atoms with Crippen LogP contribution in [0.15, 0.2) is 24.3 Å². The molecule has 22 heavy (non-hydrogen) atoms. The molecule has 4 heteroatoms. The van der Waals surface area contributed by atoms with Gasteiger partial charge >= 0.3 is 35.6 Å². The molecule has 2 aliphatic carbocycles. The van der Waals surface area contributed by atoms with Gasteiger partial charge in [0.2, 0.25) is 0 Å². The average Bonchev–Trinajstić information content (AvgIpc) is 2.85. The van der Waals surface area contributed by atoms with Crippen LogP contribution in [0.1, 0.15) is 60.8 Å². The summed E-state index contributed by atoms with van der Waals surface area (Å²) in [4.78, 5) is 0. The van der Waals surface area contributed by atoms with Crippen LogP contribution in [0.2, 0.25) is 0 Å². The molecule has 2 atom stereocenters. The van der Waals surface area contributed by atoms with Gasteiger partial charge in [-0.3, -0.25) is 0 Å². The summed E-state index contributed by atoms with van der Waals surface area (Å²) in [6.45, 7) is 12.1. The number of rotatable bonds is 0. The molecule has 0 aliphatic heterocycles. The Labute approximate surface area is 154 Å². The van der Waals surface area contributed by atoms with Gasteiger partial charge in [-0.2, -0.15) is 5.71 Å². The van der Waals surface area contributed by atoms with E-state index < -0.39 is 17.0 Å². The van der Waals surface area contributed by atoms with Crippen molar-refractivity contribution in [1.82, 2.24) is 0 Å². The minimum absolute atomic E-state index is 0.0851. The molecule has 0 amide bonds. The predicted octanol–water partition coefficient (Wildman–Crippen LogP) is 6.99. The maximum atomic E-state index is 9.64. The summed E-state index contributed by atoms with van der Waals surface area (Å²) in [5, 5.41) is 9.64. The van der Waals surface area contributed by atoms with Crippen molar-refractivity contribution in [2.75, 3.05) is 0 Å². The van der Waals surface area contributed by atoms with E-state index in [-0.39, 0.29) is 10.8 Å². The van der Waals surface area contributed by atoms with Crippen molar-refractivity contribution in [3.05, 3.63) is 29.7 Å². The molecule has 0 spiro atoms. The molecule has 0 aromatic rings. The Morgan fingerprint density at radius 3 is 1.45 bits per heavy atom. The van der Waals surface area contributed by atoms with Crippen LogP contribution >= 0.6 is 18.6 Å². The predicted molar refractivity (Wildman–Crippen MR) is 98.1 cm³/mol. The van der Waals surface area contributed by atoms with E-state index in [1.165, 1.54) is 19.3 Å². The first-order valence-electron chi connectivity index (χ1n) is 7.92. The van der Waals surface area contributed by atoms with Crippen molar-refractivity contribution >= 4 is 24.3 Å². The van der Waals surface area contributed by atoms with Gasteiger partial charge in [-0.15, -0.1) is 0 Å². The molecular weight excluding hydrogens is 349 g/mol. The van der Waals surface area contributed by atoms with E-state index in [0.717, 1.165) is 11.8 Å². The summed E-state index contributed by atoms with van der Waals surface area (Å²) in [5.74, 6) is 1.80. The summed E-state index contributed by atoms with van der Waals surface area (Å²) < 4.78 is 0. The Morgan fingerprint density at radius 2 is 1.23 bits per heavy atom. The average molecular weight is 379 g/mol. The Hall–Kier alpha value is 0.444. The molecule has 1 nitrogen and oxygen atoms in total. The van der Waals surface area contributed by atoms with E-state index in [1.807, 2.05) is 41.5 Å². The Balaban J connectivity index is 0.000000341. The molecule has 2 rings (SSSR count). The molecule has 0 heterocycles. The molecule has 0 N–H and O–H groups in total. The minimum atomic E-state index is -0.556. The first kappa shape index (κ1) is 22.4. The fourth-order valence-corrected chi connectivity index (χ4v) is 3.03. The van der Waals surface area contributed by atoms with Crippen LogP contribution in [0.4, 0.5) is 0 Å². The van der Waals surface area contributed by atoms with Gasteiger partial charge in [-0.05, 0) is 35.5 Å². The second kappa shape index (κ2) is 10.3. The van der Waals surface area contributed by atoms with Crippen LogP contribution in [0.5, 0.6) is 0 Å². The van der Waals surface area contributed by atoms with E-state index in [1.54, 1.807) is 0 Å². The Kier molecular flexibility index (Phi) is 10.5. The first-order chi connectivity index (χ1) is 10.0. The van der Waals surface area contributed by atoms with Gasteiger partial charge in [-0.1, -0.05) is 72.3 Å².